The van der Waals surface area contributed by atoms with Gasteiger partial charge in [0.05, 0.1) is 0 Å². The van der Waals surface area contributed by atoms with Crippen molar-refractivity contribution in [1.29, 1.82) is 0 Å². The van der Waals surface area contributed by atoms with Crippen LogP contribution in [0.25, 0.3) is 0 Å². The van der Waals surface area contributed by atoms with Gasteiger partial charge in [0.15, 0.2) is 0 Å². The predicted octanol–water partition coefficient (Wildman–Crippen LogP) is 4.14. The molecule has 0 aliphatic carbocycles. The average Bonchev–Trinajstić information content (AvgIpc) is 2.40. The summed E-state index contributed by atoms with van der Waals surface area (Å²) in [5.41, 5.74) is 4.45. The Kier molecular flexibility index (Phi) is 5.21. The second-order valence-corrected chi connectivity index (χ2v) is 6.65. The summed E-state index contributed by atoms with van der Waals surface area (Å²) in [4.78, 5) is 0. The lowest BCUT2D eigenvalue weighted by atomic mass is 10.1. The van der Waals surface area contributed by atoms with E-state index in [1.54, 1.807) is 6.26 Å². The highest BCUT2D eigenvalue weighted by atomic mass is 35.5. The van der Waals surface area contributed by atoms with Crippen LogP contribution < -0.4 is 5.32 Å². The molecular weight excluding hydrogens is 290 g/mol. The van der Waals surface area contributed by atoms with Crippen LogP contribution in [0.4, 0.5) is 5.69 Å². The quantitative estimate of drug-likeness (QED) is 0.899. The number of benzene rings is 2. The second kappa shape index (κ2) is 6.91. The van der Waals surface area contributed by atoms with E-state index in [2.05, 4.69) is 24.4 Å². The van der Waals surface area contributed by atoms with Crippen LogP contribution in [-0.2, 0) is 23.1 Å². The van der Waals surface area contributed by atoms with E-state index in [0.29, 0.717) is 10.8 Å². The largest absolute Gasteiger partial charge is 0.381 e. The molecule has 0 amide bonds. The van der Waals surface area contributed by atoms with E-state index < -0.39 is 10.8 Å². The highest BCUT2D eigenvalue weighted by Crippen LogP contribution is 2.22. The Morgan fingerprint density at radius 2 is 1.90 bits per heavy atom. The summed E-state index contributed by atoms with van der Waals surface area (Å²) in [6.45, 7) is 2.87. The van der Waals surface area contributed by atoms with Gasteiger partial charge in [0, 0.05) is 40.1 Å². The van der Waals surface area contributed by atoms with Gasteiger partial charge >= 0.3 is 0 Å². The molecule has 0 aromatic heterocycles. The van der Waals surface area contributed by atoms with E-state index in [1.165, 1.54) is 11.1 Å². The molecule has 0 radical (unpaired) electrons. The maximum Gasteiger partial charge on any atom is 0.0498 e. The third-order valence-electron chi connectivity index (χ3n) is 3.15. The van der Waals surface area contributed by atoms with Crippen molar-refractivity contribution in [1.82, 2.24) is 0 Å². The summed E-state index contributed by atoms with van der Waals surface area (Å²) >= 11 is 6.12. The van der Waals surface area contributed by atoms with Crippen LogP contribution in [0.5, 0.6) is 0 Å². The van der Waals surface area contributed by atoms with Gasteiger partial charge in [-0.05, 0) is 41.8 Å². The number of hydrogen-bond donors (Lipinski definition) is 1. The van der Waals surface area contributed by atoms with Crippen molar-refractivity contribution < 1.29 is 4.21 Å². The monoisotopic (exact) mass is 307 g/mol. The van der Waals surface area contributed by atoms with Gasteiger partial charge in [-0.15, -0.1) is 0 Å². The van der Waals surface area contributed by atoms with Crippen molar-refractivity contribution in [2.45, 2.75) is 19.2 Å². The Morgan fingerprint density at radius 1 is 1.15 bits per heavy atom. The van der Waals surface area contributed by atoms with Gasteiger partial charge in [-0.3, -0.25) is 4.21 Å². The molecule has 0 aliphatic rings. The third-order valence-corrected chi connectivity index (χ3v) is 4.23. The van der Waals surface area contributed by atoms with E-state index in [4.69, 9.17) is 11.6 Å². The molecule has 2 rings (SSSR count). The van der Waals surface area contributed by atoms with Crippen LogP contribution in [0, 0.1) is 6.92 Å². The minimum atomic E-state index is -0.891. The normalized spacial score (nSPS) is 12.2. The topological polar surface area (TPSA) is 29.1 Å². The fraction of sp³-hybridized carbons (Fsp3) is 0.250. The Balaban J connectivity index is 2.10. The third kappa shape index (κ3) is 4.09. The van der Waals surface area contributed by atoms with E-state index in [1.807, 2.05) is 30.3 Å². The Bertz CT molecular complexity index is 628. The van der Waals surface area contributed by atoms with Gasteiger partial charge in [0.25, 0.3) is 0 Å². The van der Waals surface area contributed by atoms with Crippen molar-refractivity contribution in [3.63, 3.8) is 0 Å². The van der Waals surface area contributed by atoms with Gasteiger partial charge in [-0.1, -0.05) is 35.9 Å². The molecule has 1 atom stereocenters. The Morgan fingerprint density at radius 3 is 2.60 bits per heavy atom. The summed E-state index contributed by atoms with van der Waals surface area (Å²) in [6, 6.07) is 14.1. The zero-order chi connectivity index (χ0) is 14.5. The molecular formula is C16H18ClNOS. The SMILES string of the molecule is Cc1ccccc1CNc1ccc(Cl)c(C[S@](C)=O)c1. The van der Waals surface area contributed by atoms with Gasteiger partial charge in [0.2, 0.25) is 0 Å². The molecule has 2 aromatic carbocycles. The molecule has 0 unspecified atom stereocenters. The lowest BCUT2D eigenvalue weighted by Crippen LogP contribution is -2.02. The Labute approximate surface area is 127 Å². The van der Waals surface area contributed by atoms with Gasteiger partial charge in [-0.25, -0.2) is 0 Å². The van der Waals surface area contributed by atoms with E-state index in [9.17, 15) is 4.21 Å². The summed E-state index contributed by atoms with van der Waals surface area (Å²) in [6.07, 6.45) is 1.68. The van der Waals surface area contributed by atoms with Crippen LogP contribution in [0.2, 0.25) is 5.02 Å². The van der Waals surface area contributed by atoms with Crippen LogP contribution in [-0.4, -0.2) is 10.5 Å². The second-order valence-electron chi connectivity index (χ2n) is 4.80. The summed E-state index contributed by atoms with van der Waals surface area (Å²) in [5, 5.41) is 4.05. The van der Waals surface area contributed by atoms with Crippen LogP contribution in [0.1, 0.15) is 16.7 Å². The van der Waals surface area contributed by atoms with Crippen molar-refractivity contribution in [2.24, 2.45) is 0 Å². The van der Waals surface area contributed by atoms with Crippen LogP contribution in [0.15, 0.2) is 42.5 Å². The molecule has 20 heavy (non-hydrogen) atoms. The fourth-order valence-corrected chi connectivity index (χ4v) is 2.96. The highest BCUT2D eigenvalue weighted by Gasteiger charge is 2.05. The standard InChI is InChI=1S/C16H18ClNOS/c1-12-5-3-4-6-13(12)10-18-15-7-8-16(17)14(9-15)11-20(2)19/h3-9,18H,10-11H2,1-2H3/t20-/m0/s1. The lowest BCUT2D eigenvalue weighted by molar-refractivity contribution is 0.686. The summed E-state index contributed by atoms with van der Waals surface area (Å²) < 4.78 is 11.3. The molecule has 1 N–H and O–H groups in total. The lowest BCUT2D eigenvalue weighted by Gasteiger charge is -2.11. The highest BCUT2D eigenvalue weighted by molar-refractivity contribution is 7.83. The Hall–Kier alpha value is -1.32. The molecule has 2 aromatic rings. The maximum absolute atomic E-state index is 11.3. The van der Waals surface area contributed by atoms with Crippen molar-refractivity contribution >= 4 is 28.1 Å². The minimum Gasteiger partial charge on any atom is -0.381 e. The molecule has 2 nitrogen and oxygen atoms in total. The molecule has 4 heteroatoms. The minimum absolute atomic E-state index is 0.485. The first kappa shape index (κ1) is 15.1. The van der Waals surface area contributed by atoms with Crippen LogP contribution in [0.3, 0.4) is 0 Å². The molecule has 0 spiro atoms. The summed E-state index contributed by atoms with van der Waals surface area (Å²) in [7, 11) is -0.891. The first-order valence-electron chi connectivity index (χ1n) is 6.43. The molecule has 0 bridgehead atoms. The van der Waals surface area contributed by atoms with Crippen molar-refractivity contribution in [3.05, 3.63) is 64.2 Å². The summed E-state index contributed by atoms with van der Waals surface area (Å²) in [5.74, 6) is 0.485. The smallest absolute Gasteiger partial charge is 0.0498 e. The van der Waals surface area contributed by atoms with E-state index >= 15 is 0 Å². The van der Waals surface area contributed by atoms with Gasteiger partial charge < -0.3 is 5.32 Å². The van der Waals surface area contributed by atoms with Crippen molar-refractivity contribution in [2.75, 3.05) is 11.6 Å². The first-order valence-corrected chi connectivity index (χ1v) is 8.53. The number of halogens is 1. The van der Waals surface area contributed by atoms with Crippen molar-refractivity contribution in [3.8, 4) is 0 Å². The first-order chi connectivity index (χ1) is 9.56. The maximum atomic E-state index is 11.3. The predicted molar refractivity (Wildman–Crippen MR) is 87.7 cm³/mol. The average molecular weight is 308 g/mol. The molecule has 0 saturated heterocycles. The molecule has 0 saturated carbocycles. The molecule has 0 aliphatic heterocycles. The number of anilines is 1. The van der Waals surface area contributed by atoms with E-state index in [-0.39, 0.29) is 0 Å². The van der Waals surface area contributed by atoms with Gasteiger partial charge in [-0.2, -0.15) is 0 Å². The zero-order valence-corrected chi connectivity index (χ0v) is 13.2. The number of rotatable bonds is 5. The number of hydrogen-bond acceptors (Lipinski definition) is 2. The molecule has 106 valence electrons. The zero-order valence-electron chi connectivity index (χ0n) is 11.7. The number of nitrogens with one attached hydrogen (secondary N) is 1. The van der Waals surface area contributed by atoms with Crippen LogP contribution >= 0.6 is 11.6 Å². The molecule has 0 heterocycles. The fourth-order valence-electron chi connectivity index (χ4n) is 2.02. The molecule has 0 fully saturated rings. The van der Waals surface area contributed by atoms with E-state index in [0.717, 1.165) is 17.8 Å². The van der Waals surface area contributed by atoms with Gasteiger partial charge in [0.1, 0.15) is 0 Å². The number of aryl methyl sites for hydroxylation is 1.